The third-order valence-electron chi connectivity index (χ3n) is 5.69. The number of fused-ring (bicyclic) bond motifs is 3. The molecule has 1 saturated heterocycles. The van der Waals surface area contributed by atoms with Gasteiger partial charge in [-0.25, -0.2) is 4.98 Å². The Bertz CT molecular complexity index is 965. The molecule has 5 nitrogen and oxygen atoms in total. The second-order valence-electron chi connectivity index (χ2n) is 7.38. The predicted octanol–water partition coefficient (Wildman–Crippen LogP) is 3.74. The largest absolute Gasteiger partial charge is 0.456 e. The number of amides is 1. The summed E-state index contributed by atoms with van der Waals surface area (Å²) in [4.78, 5) is 19.6. The van der Waals surface area contributed by atoms with Crippen LogP contribution in [0, 0.1) is 12.8 Å². The van der Waals surface area contributed by atoms with Crippen molar-refractivity contribution in [3.8, 4) is 0 Å². The summed E-state index contributed by atoms with van der Waals surface area (Å²) in [7, 11) is 0. The molecule has 0 spiro atoms. The van der Waals surface area contributed by atoms with Gasteiger partial charge < -0.3 is 9.73 Å². The molecular weight excluding hydrogens is 358 g/mol. The Labute approximate surface area is 162 Å². The van der Waals surface area contributed by atoms with Crippen LogP contribution in [0.3, 0.4) is 0 Å². The van der Waals surface area contributed by atoms with E-state index in [-0.39, 0.29) is 11.9 Å². The molecule has 6 heteroatoms. The van der Waals surface area contributed by atoms with Crippen LogP contribution in [-0.2, 0) is 6.54 Å². The zero-order valence-electron chi connectivity index (χ0n) is 15.1. The number of likely N-dealkylation sites (tertiary alicyclic amines) is 1. The topological polar surface area (TPSA) is 58.4 Å². The summed E-state index contributed by atoms with van der Waals surface area (Å²) in [5.74, 6) is 1.82. The lowest BCUT2D eigenvalue weighted by atomic mass is 9.94. The summed E-state index contributed by atoms with van der Waals surface area (Å²) in [5, 5.41) is 6.41. The number of nitrogens with zero attached hydrogens (tertiary/aromatic N) is 2. The molecule has 3 aromatic rings. The second kappa shape index (κ2) is 6.62. The number of carbonyl (C=O) groups excluding carboxylic acids is 1. The van der Waals surface area contributed by atoms with Crippen LogP contribution in [0.5, 0.6) is 0 Å². The van der Waals surface area contributed by atoms with Crippen molar-refractivity contribution in [2.45, 2.75) is 25.4 Å². The highest BCUT2D eigenvalue weighted by Gasteiger charge is 2.46. The minimum absolute atomic E-state index is 0.0189. The molecule has 3 heterocycles. The van der Waals surface area contributed by atoms with Gasteiger partial charge in [0.1, 0.15) is 10.8 Å². The van der Waals surface area contributed by atoms with E-state index in [0.717, 1.165) is 30.4 Å². The Hall–Kier alpha value is -2.44. The molecule has 0 bridgehead atoms. The summed E-state index contributed by atoms with van der Waals surface area (Å²) >= 11 is 1.70. The Morgan fingerprint density at radius 3 is 2.85 bits per heavy atom. The standard InChI is InChI=1S/C21H21N3O2S/c1-13-6-7-18(26-13)21(25)23-20-15-5-3-2-4-14(15)16-10-24(11-17(16)20)12-19-22-8-9-27-19/h2-9,16-17,20H,10-12H2,1H3,(H,23,25)/t16-,17-,20+/m0/s1. The van der Waals surface area contributed by atoms with Crippen LogP contribution < -0.4 is 5.32 Å². The number of rotatable bonds is 4. The number of nitrogens with one attached hydrogen (secondary N) is 1. The first kappa shape index (κ1) is 16.7. The third-order valence-corrected chi connectivity index (χ3v) is 6.46. The fourth-order valence-electron chi connectivity index (χ4n) is 4.55. The smallest absolute Gasteiger partial charge is 0.287 e. The summed E-state index contributed by atoms with van der Waals surface area (Å²) in [5.41, 5.74) is 2.61. The molecule has 1 fully saturated rings. The number of aromatic nitrogens is 1. The highest BCUT2D eigenvalue weighted by atomic mass is 32.1. The molecule has 138 valence electrons. The third kappa shape index (κ3) is 2.99. The lowest BCUT2D eigenvalue weighted by molar-refractivity contribution is 0.0894. The average Bonchev–Trinajstić information content (AvgIpc) is 3.43. The van der Waals surface area contributed by atoms with Crippen molar-refractivity contribution in [3.05, 3.63) is 75.6 Å². The molecule has 0 radical (unpaired) electrons. The van der Waals surface area contributed by atoms with E-state index in [0.29, 0.717) is 17.6 Å². The van der Waals surface area contributed by atoms with Gasteiger partial charge in [-0.05, 0) is 30.2 Å². The van der Waals surface area contributed by atoms with Crippen LogP contribution in [0.15, 0.2) is 52.4 Å². The van der Waals surface area contributed by atoms with Gasteiger partial charge in [0.15, 0.2) is 5.76 Å². The van der Waals surface area contributed by atoms with Crippen molar-refractivity contribution in [2.24, 2.45) is 5.92 Å². The lowest BCUT2D eigenvalue weighted by Crippen LogP contribution is -2.33. The summed E-state index contributed by atoms with van der Waals surface area (Å²) in [6.07, 6.45) is 1.86. The number of benzene rings is 1. The molecule has 0 saturated carbocycles. The van der Waals surface area contributed by atoms with Crippen molar-refractivity contribution < 1.29 is 9.21 Å². The first-order chi connectivity index (χ1) is 13.2. The Balaban J connectivity index is 1.39. The molecule has 1 aliphatic carbocycles. The monoisotopic (exact) mass is 379 g/mol. The van der Waals surface area contributed by atoms with Crippen LogP contribution >= 0.6 is 11.3 Å². The molecule has 3 atom stereocenters. The Morgan fingerprint density at radius 1 is 1.26 bits per heavy atom. The van der Waals surface area contributed by atoms with Crippen LogP contribution in [0.1, 0.15) is 44.4 Å². The van der Waals surface area contributed by atoms with Gasteiger partial charge in [-0.2, -0.15) is 0 Å². The summed E-state index contributed by atoms with van der Waals surface area (Å²) < 4.78 is 5.52. The number of thiazole rings is 1. The van der Waals surface area contributed by atoms with Crippen molar-refractivity contribution in [3.63, 3.8) is 0 Å². The van der Waals surface area contributed by atoms with Gasteiger partial charge >= 0.3 is 0 Å². The normalized spacial score (nSPS) is 24.0. The Morgan fingerprint density at radius 2 is 2.11 bits per heavy atom. The zero-order chi connectivity index (χ0) is 18.4. The first-order valence-corrected chi connectivity index (χ1v) is 10.1. The number of furan rings is 1. The fraction of sp³-hybridized carbons (Fsp3) is 0.333. The molecule has 27 heavy (non-hydrogen) atoms. The maximum atomic E-state index is 12.7. The number of hydrogen-bond acceptors (Lipinski definition) is 5. The van der Waals surface area contributed by atoms with Gasteiger partial charge in [0.05, 0.1) is 12.6 Å². The van der Waals surface area contributed by atoms with Crippen LogP contribution in [0.2, 0.25) is 0 Å². The van der Waals surface area contributed by atoms with Crippen molar-refractivity contribution in [1.82, 2.24) is 15.2 Å². The van der Waals surface area contributed by atoms with Gasteiger partial charge in [0, 0.05) is 36.5 Å². The predicted molar refractivity (Wildman–Crippen MR) is 104 cm³/mol. The van der Waals surface area contributed by atoms with Gasteiger partial charge in [-0.15, -0.1) is 11.3 Å². The number of aryl methyl sites for hydroxylation is 1. The van der Waals surface area contributed by atoms with E-state index in [1.807, 2.05) is 24.6 Å². The molecule has 0 unspecified atom stereocenters. The highest BCUT2D eigenvalue weighted by molar-refractivity contribution is 7.09. The number of hydrogen-bond donors (Lipinski definition) is 1. The molecule has 5 rings (SSSR count). The average molecular weight is 379 g/mol. The Kier molecular flexibility index (Phi) is 4.10. The maximum absolute atomic E-state index is 12.7. The van der Waals surface area contributed by atoms with E-state index in [9.17, 15) is 4.79 Å². The maximum Gasteiger partial charge on any atom is 0.287 e. The second-order valence-corrected chi connectivity index (χ2v) is 8.36. The van der Waals surface area contributed by atoms with E-state index >= 15 is 0 Å². The van der Waals surface area contributed by atoms with E-state index < -0.39 is 0 Å². The quantitative estimate of drug-likeness (QED) is 0.750. The van der Waals surface area contributed by atoms with Gasteiger partial charge in [-0.1, -0.05) is 24.3 Å². The molecular formula is C21H21N3O2S. The molecule has 2 aromatic heterocycles. The molecule has 1 aliphatic heterocycles. The molecule has 1 N–H and O–H groups in total. The molecule has 2 aliphatic rings. The van der Waals surface area contributed by atoms with Crippen LogP contribution in [-0.4, -0.2) is 28.9 Å². The first-order valence-electron chi connectivity index (χ1n) is 9.26. The van der Waals surface area contributed by atoms with Crippen molar-refractivity contribution in [1.29, 1.82) is 0 Å². The molecule has 1 aromatic carbocycles. The van der Waals surface area contributed by atoms with E-state index in [1.165, 1.54) is 11.1 Å². The van der Waals surface area contributed by atoms with E-state index in [1.54, 1.807) is 17.4 Å². The zero-order valence-corrected chi connectivity index (χ0v) is 15.9. The highest BCUT2D eigenvalue weighted by Crippen LogP contribution is 2.49. The van der Waals surface area contributed by atoms with Crippen LogP contribution in [0.25, 0.3) is 0 Å². The minimum Gasteiger partial charge on any atom is -0.456 e. The SMILES string of the molecule is Cc1ccc(C(=O)N[C@@H]2c3ccccc3[C@@H]3CN(Cc4nccs4)C[C@H]23)o1. The van der Waals surface area contributed by atoms with Gasteiger partial charge in [-0.3, -0.25) is 9.69 Å². The fourth-order valence-corrected chi connectivity index (χ4v) is 5.21. The van der Waals surface area contributed by atoms with Crippen LogP contribution in [0.4, 0.5) is 0 Å². The number of carbonyl (C=O) groups is 1. The summed E-state index contributed by atoms with van der Waals surface area (Å²) in [6.45, 7) is 4.70. The van der Waals surface area contributed by atoms with Crippen molar-refractivity contribution in [2.75, 3.05) is 13.1 Å². The minimum atomic E-state index is -0.137. The van der Waals surface area contributed by atoms with Gasteiger partial charge in [0.25, 0.3) is 5.91 Å². The van der Waals surface area contributed by atoms with Gasteiger partial charge in [0.2, 0.25) is 0 Å². The van der Waals surface area contributed by atoms with E-state index in [4.69, 9.17) is 4.42 Å². The summed E-state index contributed by atoms with van der Waals surface area (Å²) in [6, 6.07) is 12.1. The molecule has 1 amide bonds. The lowest BCUT2D eigenvalue weighted by Gasteiger charge is -2.22. The van der Waals surface area contributed by atoms with E-state index in [2.05, 4.69) is 39.5 Å². The van der Waals surface area contributed by atoms with Crippen molar-refractivity contribution >= 4 is 17.2 Å².